The largest absolute Gasteiger partial charge is 0.461 e. The summed E-state index contributed by atoms with van der Waals surface area (Å²) in [5.74, 6) is -0.854. The predicted molar refractivity (Wildman–Crippen MR) is 124 cm³/mol. The van der Waals surface area contributed by atoms with Crippen LogP contribution in [0.25, 0.3) is 0 Å². The second-order valence-electron chi connectivity index (χ2n) is 8.20. The van der Waals surface area contributed by atoms with Gasteiger partial charge in [-0.05, 0) is 85.8 Å². The van der Waals surface area contributed by atoms with E-state index in [-0.39, 0.29) is 32.0 Å². The molecule has 0 aromatic carbocycles. The molecule has 0 radical (unpaired) electrons. The van der Waals surface area contributed by atoms with Crippen molar-refractivity contribution in [1.29, 1.82) is 0 Å². The van der Waals surface area contributed by atoms with Crippen molar-refractivity contribution in [3.8, 4) is 0 Å². The van der Waals surface area contributed by atoms with Gasteiger partial charge < -0.3 is 15.2 Å². The van der Waals surface area contributed by atoms with Gasteiger partial charge in [0.2, 0.25) is 0 Å². The number of carbonyl (C=O) groups is 2. The second-order valence-corrected chi connectivity index (χ2v) is 8.20. The first-order valence-corrected chi connectivity index (χ1v) is 10.8. The van der Waals surface area contributed by atoms with Gasteiger partial charge in [-0.1, -0.05) is 34.4 Å². The van der Waals surface area contributed by atoms with E-state index in [9.17, 15) is 9.59 Å². The Bertz CT molecular complexity index is 648. The summed E-state index contributed by atoms with van der Waals surface area (Å²) in [5, 5.41) is 0. The molecule has 5 nitrogen and oxygen atoms in total. The van der Waals surface area contributed by atoms with Crippen LogP contribution in [0.5, 0.6) is 0 Å². The van der Waals surface area contributed by atoms with E-state index in [4.69, 9.17) is 15.2 Å². The molecule has 0 bridgehead atoms. The number of nitrogens with two attached hydrogens (primary N) is 1. The first kappa shape index (κ1) is 27.9. The van der Waals surface area contributed by atoms with Gasteiger partial charge in [0.1, 0.15) is 19.3 Å². The predicted octanol–water partition coefficient (Wildman–Crippen LogP) is 5.57. The van der Waals surface area contributed by atoms with Crippen LogP contribution >= 0.6 is 0 Å². The van der Waals surface area contributed by atoms with Crippen molar-refractivity contribution in [3.05, 3.63) is 46.6 Å². The molecular formula is C25H41NO4. The summed E-state index contributed by atoms with van der Waals surface area (Å²) in [6, 6.07) is -0.821. The zero-order valence-corrected chi connectivity index (χ0v) is 19.8. The van der Waals surface area contributed by atoms with Crippen molar-refractivity contribution in [2.75, 3.05) is 13.2 Å². The van der Waals surface area contributed by atoms with Crippen molar-refractivity contribution in [2.45, 2.75) is 86.1 Å². The quantitative estimate of drug-likeness (QED) is 0.294. The van der Waals surface area contributed by atoms with E-state index in [2.05, 4.69) is 39.8 Å². The maximum absolute atomic E-state index is 11.9. The Kier molecular flexibility index (Phi) is 15.4. The molecule has 0 saturated heterocycles. The molecule has 1 atom stereocenters. The normalized spacial score (nSPS) is 12.8. The van der Waals surface area contributed by atoms with Gasteiger partial charge in [0.25, 0.3) is 0 Å². The van der Waals surface area contributed by atoms with Gasteiger partial charge in [-0.3, -0.25) is 9.59 Å². The van der Waals surface area contributed by atoms with E-state index in [1.54, 1.807) is 0 Å². The molecule has 0 aliphatic carbocycles. The van der Waals surface area contributed by atoms with Crippen LogP contribution in [-0.2, 0) is 19.1 Å². The van der Waals surface area contributed by atoms with E-state index in [1.165, 1.54) is 22.3 Å². The molecule has 0 saturated carbocycles. The van der Waals surface area contributed by atoms with Gasteiger partial charge in [0.05, 0.1) is 0 Å². The highest BCUT2D eigenvalue weighted by atomic mass is 16.5. The van der Waals surface area contributed by atoms with Crippen molar-refractivity contribution in [2.24, 2.45) is 5.73 Å². The number of hydrogen-bond donors (Lipinski definition) is 1. The Morgan fingerprint density at radius 1 is 0.733 bits per heavy atom. The van der Waals surface area contributed by atoms with Crippen LogP contribution in [0.1, 0.15) is 80.1 Å². The molecular weight excluding hydrogens is 378 g/mol. The third-order valence-electron chi connectivity index (χ3n) is 4.48. The van der Waals surface area contributed by atoms with E-state index in [0.29, 0.717) is 0 Å². The minimum Gasteiger partial charge on any atom is -0.461 e. The van der Waals surface area contributed by atoms with Crippen LogP contribution in [0.15, 0.2) is 46.6 Å². The Labute approximate surface area is 183 Å². The number of ether oxygens (including phenoxy) is 2. The molecule has 0 aliphatic heterocycles. The SMILES string of the molecule is CC(C)=CCC/C(C)=C\COC(=O)CCC(N)C(=O)OC/C=C(/C)CCC=C(C)C. The highest BCUT2D eigenvalue weighted by Crippen LogP contribution is 2.08. The van der Waals surface area contributed by atoms with Crippen LogP contribution in [0, 0.1) is 0 Å². The van der Waals surface area contributed by atoms with E-state index in [0.717, 1.165) is 25.7 Å². The Balaban J connectivity index is 4.06. The van der Waals surface area contributed by atoms with Gasteiger partial charge in [-0.2, -0.15) is 0 Å². The molecule has 170 valence electrons. The molecule has 2 N–H and O–H groups in total. The summed E-state index contributed by atoms with van der Waals surface area (Å²) in [7, 11) is 0. The monoisotopic (exact) mass is 419 g/mol. The summed E-state index contributed by atoms with van der Waals surface area (Å²) in [6.07, 6.45) is 12.3. The van der Waals surface area contributed by atoms with E-state index >= 15 is 0 Å². The Morgan fingerprint density at radius 2 is 1.20 bits per heavy atom. The van der Waals surface area contributed by atoms with Crippen molar-refractivity contribution in [3.63, 3.8) is 0 Å². The number of rotatable bonds is 14. The number of allylic oxidation sites excluding steroid dienone is 6. The summed E-state index contributed by atoms with van der Waals surface area (Å²) in [5.41, 5.74) is 10.8. The number of carbonyl (C=O) groups excluding carboxylic acids is 2. The first-order chi connectivity index (χ1) is 14.1. The molecule has 0 rings (SSSR count). The topological polar surface area (TPSA) is 78.6 Å². The molecule has 30 heavy (non-hydrogen) atoms. The van der Waals surface area contributed by atoms with Gasteiger partial charge in [-0.15, -0.1) is 0 Å². The minimum atomic E-state index is -0.821. The molecule has 5 heteroatoms. The molecule has 0 aliphatic rings. The molecule has 1 unspecified atom stereocenters. The zero-order valence-electron chi connectivity index (χ0n) is 19.8. The third-order valence-corrected chi connectivity index (χ3v) is 4.48. The van der Waals surface area contributed by atoms with Crippen LogP contribution in [-0.4, -0.2) is 31.2 Å². The summed E-state index contributed by atoms with van der Waals surface area (Å²) in [6.45, 7) is 12.8. The second kappa shape index (κ2) is 16.6. The van der Waals surface area contributed by atoms with Crippen LogP contribution in [0.3, 0.4) is 0 Å². The first-order valence-electron chi connectivity index (χ1n) is 10.8. The van der Waals surface area contributed by atoms with Gasteiger partial charge in [0, 0.05) is 6.42 Å². The minimum absolute atomic E-state index is 0.0957. The molecule has 0 aromatic heterocycles. The maximum Gasteiger partial charge on any atom is 0.323 e. The van der Waals surface area contributed by atoms with E-state index < -0.39 is 12.0 Å². The average Bonchev–Trinajstić information content (AvgIpc) is 2.65. The molecule has 0 fully saturated rings. The van der Waals surface area contributed by atoms with Gasteiger partial charge >= 0.3 is 11.9 Å². The average molecular weight is 420 g/mol. The fourth-order valence-corrected chi connectivity index (χ4v) is 2.49. The lowest BCUT2D eigenvalue weighted by Gasteiger charge is -2.10. The van der Waals surface area contributed by atoms with Gasteiger partial charge in [0.15, 0.2) is 0 Å². The van der Waals surface area contributed by atoms with Gasteiger partial charge in [-0.25, -0.2) is 0 Å². The van der Waals surface area contributed by atoms with Crippen LogP contribution in [0.4, 0.5) is 0 Å². The zero-order chi connectivity index (χ0) is 22.9. The highest BCUT2D eigenvalue weighted by Gasteiger charge is 2.16. The smallest absolute Gasteiger partial charge is 0.323 e. The fraction of sp³-hybridized carbons (Fsp3) is 0.600. The molecule has 0 spiro atoms. The third kappa shape index (κ3) is 16.8. The fourth-order valence-electron chi connectivity index (χ4n) is 2.49. The molecule has 0 heterocycles. The van der Waals surface area contributed by atoms with Crippen molar-refractivity contribution < 1.29 is 19.1 Å². The maximum atomic E-state index is 11.9. The lowest BCUT2D eigenvalue weighted by Crippen LogP contribution is -2.33. The van der Waals surface area contributed by atoms with E-state index in [1.807, 2.05) is 26.0 Å². The standard InChI is InChI=1S/C25H41NO4/c1-19(2)9-7-11-21(5)15-17-29-24(27)14-13-23(26)25(28)30-18-16-22(6)12-8-10-20(3)4/h9-10,15-16,23H,7-8,11-14,17-18,26H2,1-6H3/b21-15-,22-16-. The summed E-state index contributed by atoms with van der Waals surface area (Å²) in [4.78, 5) is 23.8. The highest BCUT2D eigenvalue weighted by molar-refractivity contribution is 5.77. The van der Waals surface area contributed by atoms with Crippen LogP contribution in [0.2, 0.25) is 0 Å². The summed E-state index contributed by atoms with van der Waals surface area (Å²) < 4.78 is 10.4. The summed E-state index contributed by atoms with van der Waals surface area (Å²) >= 11 is 0. The van der Waals surface area contributed by atoms with Crippen molar-refractivity contribution >= 4 is 11.9 Å². The van der Waals surface area contributed by atoms with Crippen molar-refractivity contribution in [1.82, 2.24) is 0 Å². The molecule has 0 amide bonds. The Morgan fingerprint density at radius 3 is 1.67 bits per heavy atom. The Hall–Kier alpha value is -2.14. The lowest BCUT2D eigenvalue weighted by atomic mass is 10.1. The number of hydrogen-bond acceptors (Lipinski definition) is 5. The lowest BCUT2D eigenvalue weighted by molar-refractivity contribution is -0.145. The number of esters is 2. The van der Waals surface area contributed by atoms with Crippen LogP contribution < -0.4 is 5.73 Å². The molecule has 0 aromatic rings.